The lowest BCUT2D eigenvalue weighted by Gasteiger charge is -2.29. The molecule has 2 nitrogen and oxygen atoms in total. The van der Waals surface area contributed by atoms with Crippen LogP contribution >= 0.6 is 0 Å². The topological polar surface area (TPSA) is 37.3 Å². The number of rotatable bonds is 5. The van der Waals surface area contributed by atoms with Gasteiger partial charge in [-0.15, -0.1) is 0 Å². The summed E-state index contributed by atoms with van der Waals surface area (Å²) in [7, 11) is 0. The van der Waals surface area contributed by atoms with E-state index in [1.807, 2.05) is 0 Å². The predicted molar refractivity (Wildman–Crippen MR) is 71.7 cm³/mol. The fourth-order valence-electron chi connectivity index (χ4n) is 2.95. The van der Waals surface area contributed by atoms with Crippen molar-refractivity contribution in [2.24, 2.45) is 11.3 Å². The number of halogens is 6. The Balaban J connectivity index is 2.98. The van der Waals surface area contributed by atoms with E-state index in [1.54, 1.807) is 0 Å². The second kappa shape index (κ2) is 7.13. The van der Waals surface area contributed by atoms with E-state index in [0.717, 1.165) is 19.3 Å². The van der Waals surface area contributed by atoms with E-state index in [1.165, 1.54) is 0 Å². The first-order valence-electron chi connectivity index (χ1n) is 7.41. The molecule has 23 heavy (non-hydrogen) atoms. The summed E-state index contributed by atoms with van der Waals surface area (Å²) in [6.07, 6.45) is -9.31. The van der Waals surface area contributed by atoms with E-state index in [-0.39, 0.29) is 5.92 Å². The van der Waals surface area contributed by atoms with Gasteiger partial charge in [0.15, 0.2) is 5.78 Å². The predicted octanol–water partition coefficient (Wildman–Crippen LogP) is 5.49. The number of aliphatic hydroxyl groups excluding tert-OH is 1. The van der Waals surface area contributed by atoms with Crippen molar-refractivity contribution >= 4 is 5.78 Å². The Morgan fingerprint density at radius 3 is 1.83 bits per heavy atom. The molecule has 0 radical (unpaired) electrons. The van der Waals surface area contributed by atoms with Gasteiger partial charge < -0.3 is 5.11 Å². The third-order valence-electron chi connectivity index (χ3n) is 4.08. The van der Waals surface area contributed by atoms with Crippen LogP contribution in [0, 0.1) is 11.3 Å². The molecule has 0 saturated heterocycles. The van der Waals surface area contributed by atoms with Crippen LogP contribution in [-0.2, 0) is 4.79 Å². The van der Waals surface area contributed by atoms with Gasteiger partial charge in [-0.2, -0.15) is 26.3 Å². The van der Waals surface area contributed by atoms with Gasteiger partial charge in [0.05, 0.1) is 18.6 Å². The van der Waals surface area contributed by atoms with Crippen LogP contribution < -0.4 is 0 Å². The minimum Gasteiger partial charge on any atom is -0.512 e. The first-order valence-corrected chi connectivity index (χ1v) is 7.41. The summed E-state index contributed by atoms with van der Waals surface area (Å²) in [6, 6.07) is 0. The molecule has 0 spiro atoms. The Bertz CT molecular complexity index is 428. The number of hydrogen-bond donors (Lipinski definition) is 1. The maximum atomic E-state index is 12.6. The van der Waals surface area contributed by atoms with Crippen molar-refractivity contribution in [3.05, 3.63) is 11.8 Å². The Morgan fingerprint density at radius 1 is 1.00 bits per heavy atom. The smallest absolute Gasteiger partial charge is 0.390 e. The highest BCUT2D eigenvalue weighted by atomic mass is 19.4. The van der Waals surface area contributed by atoms with Crippen LogP contribution in [0.3, 0.4) is 0 Å². The second-order valence-electron chi connectivity index (χ2n) is 6.41. The molecule has 8 heteroatoms. The third kappa shape index (κ3) is 6.83. The summed E-state index contributed by atoms with van der Waals surface area (Å²) in [5.41, 5.74) is -2.67. The average molecular weight is 346 g/mol. The van der Waals surface area contributed by atoms with Gasteiger partial charge in [-0.05, 0) is 12.8 Å². The van der Waals surface area contributed by atoms with Gasteiger partial charge in [-0.1, -0.05) is 26.2 Å². The van der Waals surface area contributed by atoms with Crippen LogP contribution in [0.4, 0.5) is 26.3 Å². The summed E-state index contributed by atoms with van der Waals surface area (Å²) in [4.78, 5) is 12.0. The third-order valence-corrected chi connectivity index (χ3v) is 4.08. The van der Waals surface area contributed by atoms with E-state index in [0.29, 0.717) is 25.8 Å². The van der Waals surface area contributed by atoms with Crippen LogP contribution in [0.2, 0.25) is 0 Å². The molecule has 0 bridgehead atoms. The van der Waals surface area contributed by atoms with E-state index >= 15 is 0 Å². The van der Waals surface area contributed by atoms with Crippen LogP contribution in [-0.4, -0.2) is 23.2 Å². The zero-order chi connectivity index (χ0) is 17.9. The summed E-state index contributed by atoms with van der Waals surface area (Å²) in [5, 5.41) is 9.88. The fraction of sp³-hybridized carbons (Fsp3) is 0.800. The number of ketones is 1. The summed E-state index contributed by atoms with van der Waals surface area (Å²) in [5.74, 6) is -2.12. The molecule has 0 aromatic carbocycles. The summed E-state index contributed by atoms with van der Waals surface area (Å²) in [6.45, 7) is 0.640. The number of hydrogen-bond acceptors (Lipinski definition) is 2. The molecular formula is C15H20F6O2. The molecule has 1 saturated carbocycles. The molecule has 0 aliphatic heterocycles. The van der Waals surface area contributed by atoms with Crippen LogP contribution in [0.25, 0.3) is 0 Å². The van der Waals surface area contributed by atoms with Gasteiger partial charge in [-0.25, -0.2) is 0 Å². The molecule has 0 unspecified atom stereocenters. The Morgan fingerprint density at radius 2 is 1.43 bits per heavy atom. The highest BCUT2D eigenvalue weighted by molar-refractivity contribution is 5.95. The quantitative estimate of drug-likeness (QED) is 0.406. The van der Waals surface area contributed by atoms with Crippen LogP contribution in [0.1, 0.15) is 51.9 Å². The molecular weight excluding hydrogens is 326 g/mol. The number of carbonyl (C=O) groups excluding carboxylic acids is 1. The first-order chi connectivity index (χ1) is 10.3. The zero-order valence-corrected chi connectivity index (χ0v) is 12.7. The van der Waals surface area contributed by atoms with Gasteiger partial charge in [0.1, 0.15) is 0 Å². The molecule has 1 aliphatic rings. The standard InChI is InChI=1S/C15H20F6O2/c1-13(8-14(16,17)18,9-15(19,20)21)12(23)7-11(22)10-5-3-2-4-6-10/h7,10,22H,2-6,8-9H2,1H3/b11-7-. The summed E-state index contributed by atoms with van der Waals surface area (Å²) >= 11 is 0. The van der Waals surface area contributed by atoms with Crippen LogP contribution in [0.15, 0.2) is 11.8 Å². The molecule has 0 atom stereocenters. The lowest BCUT2D eigenvalue weighted by atomic mass is 9.77. The Labute approximate surface area is 130 Å². The average Bonchev–Trinajstić information content (AvgIpc) is 2.35. The first kappa shape index (κ1) is 19.8. The molecule has 0 amide bonds. The molecule has 0 heterocycles. The molecule has 1 fully saturated rings. The zero-order valence-electron chi connectivity index (χ0n) is 12.7. The van der Waals surface area contributed by atoms with Gasteiger partial charge in [0.2, 0.25) is 0 Å². The highest BCUT2D eigenvalue weighted by Crippen LogP contribution is 2.43. The van der Waals surface area contributed by atoms with E-state index in [4.69, 9.17) is 0 Å². The minimum absolute atomic E-state index is 0.367. The van der Waals surface area contributed by atoms with Crippen molar-refractivity contribution in [2.75, 3.05) is 0 Å². The van der Waals surface area contributed by atoms with Crippen molar-refractivity contribution in [1.82, 2.24) is 0 Å². The van der Waals surface area contributed by atoms with Crippen LogP contribution in [0.5, 0.6) is 0 Å². The number of aliphatic hydroxyl groups is 1. The van der Waals surface area contributed by atoms with E-state index in [2.05, 4.69) is 0 Å². The van der Waals surface area contributed by atoms with Crippen molar-refractivity contribution in [3.8, 4) is 0 Å². The highest BCUT2D eigenvalue weighted by Gasteiger charge is 2.49. The van der Waals surface area contributed by atoms with Gasteiger partial charge in [0, 0.05) is 17.4 Å². The lowest BCUT2D eigenvalue weighted by Crippen LogP contribution is -2.37. The molecule has 0 aromatic rings. The van der Waals surface area contributed by atoms with Crippen molar-refractivity contribution in [3.63, 3.8) is 0 Å². The van der Waals surface area contributed by atoms with Crippen molar-refractivity contribution in [1.29, 1.82) is 0 Å². The van der Waals surface area contributed by atoms with Crippen molar-refractivity contribution < 1.29 is 36.2 Å². The normalized spacial score (nSPS) is 19.0. The van der Waals surface area contributed by atoms with E-state index in [9.17, 15) is 36.2 Å². The van der Waals surface area contributed by atoms with E-state index < -0.39 is 42.2 Å². The minimum atomic E-state index is -4.91. The SMILES string of the molecule is CC(CC(F)(F)F)(CC(F)(F)F)C(=O)/C=C(\O)C1CCCCC1. The maximum absolute atomic E-state index is 12.6. The maximum Gasteiger partial charge on any atom is 0.390 e. The molecule has 1 aliphatic carbocycles. The van der Waals surface area contributed by atoms with Gasteiger partial charge >= 0.3 is 12.4 Å². The molecule has 1 rings (SSSR count). The van der Waals surface area contributed by atoms with Crippen molar-refractivity contribution in [2.45, 2.75) is 64.2 Å². The largest absolute Gasteiger partial charge is 0.512 e. The van der Waals surface area contributed by atoms with Gasteiger partial charge in [0.25, 0.3) is 0 Å². The van der Waals surface area contributed by atoms with Gasteiger partial charge in [-0.3, -0.25) is 4.79 Å². The Hall–Kier alpha value is -1.21. The summed E-state index contributed by atoms with van der Waals surface area (Å²) < 4.78 is 75.5. The number of allylic oxidation sites excluding steroid dienone is 2. The monoisotopic (exact) mass is 346 g/mol. The molecule has 0 aromatic heterocycles. The Kier molecular flexibility index (Phi) is 6.15. The lowest BCUT2D eigenvalue weighted by molar-refractivity contribution is -0.193. The molecule has 134 valence electrons. The number of carbonyl (C=O) groups is 1. The fourth-order valence-corrected chi connectivity index (χ4v) is 2.95. The second-order valence-corrected chi connectivity index (χ2v) is 6.41. The number of alkyl halides is 6. The molecule has 1 N–H and O–H groups in total.